The van der Waals surface area contributed by atoms with E-state index in [1.54, 1.807) is 32.0 Å². The van der Waals surface area contributed by atoms with Gasteiger partial charge in [0.05, 0.1) is 6.10 Å². The molecule has 0 fully saturated rings. The van der Waals surface area contributed by atoms with E-state index < -0.39 is 11.9 Å². The zero-order chi connectivity index (χ0) is 12.8. The standard InChI is InChI=1S/C12H15NO4/c1-8(2)17-11(14)7-16-10-5-3-4-9(6-10)12(13)15/h3-6,8H,7H2,1-2H3,(H2,13,15). The molecule has 0 aliphatic rings. The van der Waals surface area contributed by atoms with Crippen molar-refractivity contribution >= 4 is 11.9 Å². The Balaban J connectivity index is 2.54. The summed E-state index contributed by atoms with van der Waals surface area (Å²) >= 11 is 0. The summed E-state index contributed by atoms with van der Waals surface area (Å²) in [5.41, 5.74) is 5.45. The summed E-state index contributed by atoms with van der Waals surface area (Å²) in [6.45, 7) is 3.32. The van der Waals surface area contributed by atoms with Crippen LogP contribution in [0.4, 0.5) is 0 Å². The van der Waals surface area contributed by atoms with E-state index >= 15 is 0 Å². The Kier molecular flexibility index (Phi) is 4.51. The molecule has 0 radical (unpaired) electrons. The molecular formula is C12H15NO4. The maximum Gasteiger partial charge on any atom is 0.344 e. The molecule has 2 N–H and O–H groups in total. The minimum Gasteiger partial charge on any atom is -0.482 e. The molecule has 0 saturated carbocycles. The van der Waals surface area contributed by atoms with Gasteiger partial charge in [-0.3, -0.25) is 4.79 Å². The van der Waals surface area contributed by atoms with E-state index in [0.717, 1.165) is 0 Å². The van der Waals surface area contributed by atoms with Gasteiger partial charge in [0.2, 0.25) is 5.91 Å². The lowest BCUT2D eigenvalue weighted by Crippen LogP contribution is -2.19. The van der Waals surface area contributed by atoms with Gasteiger partial charge in [0.25, 0.3) is 0 Å². The number of amides is 1. The van der Waals surface area contributed by atoms with Crippen LogP contribution in [0, 0.1) is 0 Å². The van der Waals surface area contributed by atoms with Crippen LogP contribution in [0.3, 0.4) is 0 Å². The van der Waals surface area contributed by atoms with Crippen molar-refractivity contribution in [2.75, 3.05) is 6.61 Å². The van der Waals surface area contributed by atoms with Gasteiger partial charge < -0.3 is 15.2 Å². The van der Waals surface area contributed by atoms with E-state index in [9.17, 15) is 9.59 Å². The van der Waals surface area contributed by atoms with Crippen molar-refractivity contribution in [1.29, 1.82) is 0 Å². The summed E-state index contributed by atoms with van der Waals surface area (Å²) in [7, 11) is 0. The second kappa shape index (κ2) is 5.89. The number of carbonyl (C=O) groups is 2. The van der Waals surface area contributed by atoms with Crippen LogP contribution in [0.5, 0.6) is 5.75 Å². The molecule has 0 aromatic heterocycles. The average molecular weight is 237 g/mol. The number of ether oxygens (including phenoxy) is 2. The molecule has 0 aliphatic heterocycles. The molecule has 17 heavy (non-hydrogen) atoms. The molecule has 1 rings (SSSR count). The number of benzene rings is 1. The first-order valence-corrected chi connectivity index (χ1v) is 5.21. The first kappa shape index (κ1) is 13.0. The van der Waals surface area contributed by atoms with Crippen molar-refractivity contribution < 1.29 is 19.1 Å². The van der Waals surface area contributed by atoms with Crippen LogP contribution in [0.2, 0.25) is 0 Å². The highest BCUT2D eigenvalue weighted by Crippen LogP contribution is 2.12. The third kappa shape index (κ3) is 4.55. The Bertz CT molecular complexity index is 415. The monoisotopic (exact) mass is 237 g/mol. The highest BCUT2D eigenvalue weighted by Gasteiger charge is 2.07. The molecular weight excluding hydrogens is 222 g/mol. The maximum absolute atomic E-state index is 11.2. The van der Waals surface area contributed by atoms with Gasteiger partial charge in [0.15, 0.2) is 6.61 Å². The fourth-order valence-corrected chi connectivity index (χ4v) is 1.18. The second-order valence-electron chi connectivity index (χ2n) is 3.72. The normalized spacial score (nSPS) is 10.1. The summed E-state index contributed by atoms with van der Waals surface area (Å²) < 4.78 is 10.1. The number of nitrogens with two attached hydrogens (primary N) is 1. The van der Waals surface area contributed by atoms with Crippen LogP contribution in [0.15, 0.2) is 24.3 Å². The Labute approximate surface area is 99.5 Å². The number of rotatable bonds is 5. The highest BCUT2D eigenvalue weighted by atomic mass is 16.6. The lowest BCUT2D eigenvalue weighted by Gasteiger charge is -2.09. The molecule has 1 aromatic carbocycles. The zero-order valence-corrected chi connectivity index (χ0v) is 9.80. The predicted octanol–water partition coefficient (Wildman–Crippen LogP) is 1.12. The molecule has 0 heterocycles. The summed E-state index contributed by atoms with van der Waals surface area (Å²) in [5.74, 6) is -0.591. The Hall–Kier alpha value is -2.04. The van der Waals surface area contributed by atoms with Crippen molar-refractivity contribution in [3.63, 3.8) is 0 Å². The van der Waals surface area contributed by atoms with Crippen molar-refractivity contribution in [3.8, 4) is 5.75 Å². The third-order valence-electron chi connectivity index (χ3n) is 1.84. The van der Waals surface area contributed by atoms with E-state index in [-0.39, 0.29) is 12.7 Å². The maximum atomic E-state index is 11.2. The molecule has 1 amide bonds. The Morgan fingerprint density at radius 3 is 2.65 bits per heavy atom. The Morgan fingerprint density at radius 1 is 1.35 bits per heavy atom. The average Bonchev–Trinajstić information content (AvgIpc) is 2.26. The summed E-state index contributed by atoms with van der Waals surface area (Å²) in [6, 6.07) is 6.31. The smallest absolute Gasteiger partial charge is 0.344 e. The molecule has 5 heteroatoms. The molecule has 0 unspecified atom stereocenters. The number of carbonyl (C=O) groups excluding carboxylic acids is 2. The van der Waals surface area contributed by atoms with Gasteiger partial charge in [-0.15, -0.1) is 0 Å². The van der Waals surface area contributed by atoms with Gasteiger partial charge >= 0.3 is 5.97 Å². The quantitative estimate of drug-likeness (QED) is 0.778. The SMILES string of the molecule is CC(C)OC(=O)COc1cccc(C(N)=O)c1. The van der Waals surface area contributed by atoms with Crippen LogP contribution in [0.1, 0.15) is 24.2 Å². The zero-order valence-electron chi connectivity index (χ0n) is 9.80. The van der Waals surface area contributed by atoms with Crippen LogP contribution in [-0.4, -0.2) is 24.6 Å². The van der Waals surface area contributed by atoms with Crippen LogP contribution in [-0.2, 0) is 9.53 Å². The fraction of sp³-hybridized carbons (Fsp3) is 0.333. The summed E-state index contributed by atoms with van der Waals surface area (Å²) in [4.78, 5) is 22.1. The summed E-state index contributed by atoms with van der Waals surface area (Å²) in [5, 5.41) is 0. The van der Waals surface area contributed by atoms with Crippen molar-refractivity contribution in [2.45, 2.75) is 20.0 Å². The van der Waals surface area contributed by atoms with E-state index in [1.165, 1.54) is 6.07 Å². The van der Waals surface area contributed by atoms with Crippen molar-refractivity contribution in [3.05, 3.63) is 29.8 Å². The topological polar surface area (TPSA) is 78.6 Å². The lowest BCUT2D eigenvalue weighted by atomic mass is 10.2. The van der Waals surface area contributed by atoms with Gasteiger partial charge in [0, 0.05) is 5.56 Å². The van der Waals surface area contributed by atoms with Gasteiger partial charge in [-0.05, 0) is 32.0 Å². The first-order valence-electron chi connectivity index (χ1n) is 5.21. The van der Waals surface area contributed by atoms with E-state index in [4.69, 9.17) is 15.2 Å². The minimum atomic E-state index is -0.541. The lowest BCUT2D eigenvalue weighted by molar-refractivity contribution is -0.149. The number of esters is 1. The van der Waals surface area contributed by atoms with Gasteiger partial charge in [-0.2, -0.15) is 0 Å². The van der Waals surface area contributed by atoms with Gasteiger partial charge in [-0.25, -0.2) is 4.79 Å². The van der Waals surface area contributed by atoms with E-state index in [1.807, 2.05) is 0 Å². The Morgan fingerprint density at radius 2 is 2.06 bits per heavy atom. The molecule has 0 atom stereocenters. The molecule has 92 valence electrons. The van der Waals surface area contributed by atoms with E-state index in [2.05, 4.69) is 0 Å². The molecule has 5 nitrogen and oxygen atoms in total. The number of hydrogen-bond acceptors (Lipinski definition) is 4. The van der Waals surface area contributed by atoms with Crippen LogP contribution in [0.25, 0.3) is 0 Å². The van der Waals surface area contributed by atoms with Crippen LogP contribution >= 0.6 is 0 Å². The van der Waals surface area contributed by atoms with Crippen molar-refractivity contribution in [2.24, 2.45) is 5.73 Å². The molecule has 0 saturated heterocycles. The second-order valence-corrected chi connectivity index (χ2v) is 3.72. The van der Waals surface area contributed by atoms with Gasteiger partial charge in [0.1, 0.15) is 5.75 Å². The minimum absolute atomic E-state index is 0.178. The third-order valence-corrected chi connectivity index (χ3v) is 1.84. The largest absolute Gasteiger partial charge is 0.482 e. The first-order chi connectivity index (χ1) is 7.99. The molecule has 0 aliphatic carbocycles. The fourth-order valence-electron chi connectivity index (χ4n) is 1.18. The molecule has 1 aromatic rings. The predicted molar refractivity (Wildman–Crippen MR) is 61.7 cm³/mol. The molecule has 0 bridgehead atoms. The highest BCUT2D eigenvalue weighted by molar-refractivity contribution is 5.93. The summed E-state index contributed by atoms with van der Waals surface area (Å²) in [6.07, 6.45) is -0.178. The number of primary amides is 1. The molecule has 0 spiro atoms. The number of hydrogen-bond donors (Lipinski definition) is 1. The van der Waals surface area contributed by atoms with Gasteiger partial charge in [-0.1, -0.05) is 6.07 Å². The van der Waals surface area contributed by atoms with Crippen molar-refractivity contribution in [1.82, 2.24) is 0 Å². The van der Waals surface area contributed by atoms with Crippen LogP contribution < -0.4 is 10.5 Å². The van der Waals surface area contributed by atoms with E-state index in [0.29, 0.717) is 11.3 Å².